The summed E-state index contributed by atoms with van der Waals surface area (Å²) in [5.41, 5.74) is 0.516. The summed E-state index contributed by atoms with van der Waals surface area (Å²) in [6, 6.07) is 6.00. The summed E-state index contributed by atoms with van der Waals surface area (Å²) in [6.45, 7) is -0.0641. The highest BCUT2D eigenvalue weighted by Gasteiger charge is 2.36. The summed E-state index contributed by atoms with van der Waals surface area (Å²) in [6.07, 6.45) is 1.20. The summed E-state index contributed by atoms with van der Waals surface area (Å²) in [7, 11) is -6.82. The van der Waals surface area contributed by atoms with Crippen molar-refractivity contribution in [1.29, 1.82) is 0 Å². The number of nitrogens with one attached hydrogen (secondary N) is 1. The minimum Gasteiger partial charge on any atom is -0.326 e. The van der Waals surface area contributed by atoms with E-state index in [1.807, 2.05) is 0 Å². The molecule has 1 aromatic rings. The van der Waals surface area contributed by atoms with Gasteiger partial charge in [-0.15, -0.1) is 0 Å². The van der Waals surface area contributed by atoms with E-state index in [9.17, 15) is 21.6 Å². The second kappa shape index (κ2) is 7.38. The smallest absolute Gasteiger partial charge is 0.225 e. The minimum absolute atomic E-state index is 0.0294. The van der Waals surface area contributed by atoms with Gasteiger partial charge < -0.3 is 5.32 Å². The molecule has 0 bridgehead atoms. The third-order valence-corrected chi connectivity index (χ3v) is 7.03. The highest BCUT2D eigenvalue weighted by Crippen LogP contribution is 2.21. The molecule has 0 spiro atoms. The van der Waals surface area contributed by atoms with Crippen LogP contribution in [0.2, 0.25) is 5.02 Å². The zero-order valence-electron chi connectivity index (χ0n) is 13.1. The number of hydrogen-bond acceptors (Lipinski definition) is 5. The fraction of sp³-hybridized carbons (Fsp3) is 0.500. The number of halogens is 1. The number of anilines is 1. The predicted octanol–water partition coefficient (Wildman–Crippen LogP) is 1.12. The van der Waals surface area contributed by atoms with Crippen molar-refractivity contribution in [3.8, 4) is 0 Å². The third-order valence-electron chi connectivity index (χ3n) is 3.71. The number of hydrogen-bond donors (Lipinski definition) is 1. The SMILES string of the molecule is CS(=O)(=O)N(CCC(=O)Nc1cccc(Cl)c1)C1CCS(=O)(=O)C1. The van der Waals surface area contributed by atoms with Crippen LogP contribution in [0.5, 0.6) is 0 Å². The Kier molecular flexibility index (Phi) is 5.90. The summed E-state index contributed by atoms with van der Waals surface area (Å²) < 4.78 is 48.1. The van der Waals surface area contributed by atoms with E-state index in [0.717, 1.165) is 10.6 Å². The minimum atomic E-state index is -3.61. The lowest BCUT2D eigenvalue weighted by atomic mass is 10.2. The molecule has 2 rings (SSSR count). The van der Waals surface area contributed by atoms with E-state index >= 15 is 0 Å². The van der Waals surface area contributed by atoms with Crippen LogP contribution < -0.4 is 5.32 Å². The van der Waals surface area contributed by atoms with Gasteiger partial charge in [0.2, 0.25) is 15.9 Å². The molecule has 7 nitrogen and oxygen atoms in total. The van der Waals surface area contributed by atoms with Crippen LogP contribution in [0.1, 0.15) is 12.8 Å². The van der Waals surface area contributed by atoms with E-state index in [2.05, 4.69) is 5.32 Å². The van der Waals surface area contributed by atoms with E-state index in [1.165, 1.54) is 0 Å². The van der Waals surface area contributed by atoms with Crippen LogP contribution in [-0.2, 0) is 24.7 Å². The molecule has 0 radical (unpaired) electrons. The lowest BCUT2D eigenvalue weighted by Gasteiger charge is -2.25. The van der Waals surface area contributed by atoms with Gasteiger partial charge >= 0.3 is 0 Å². The standard InChI is InChI=1S/C14H19ClN2O5S2/c1-23(19,20)17(13-6-8-24(21,22)10-13)7-5-14(18)16-12-4-2-3-11(15)9-12/h2-4,9,13H,5-8,10H2,1H3,(H,16,18). The van der Waals surface area contributed by atoms with Crippen molar-refractivity contribution in [3.63, 3.8) is 0 Å². The lowest BCUT2D eigenvalue weighted by molar-refractivity contribution is -0.116. The fourth-order valence-electron chi connectivity index (χ4n) is 2.62. The summed E-state index contributed by atoms with van der Waals surface area (Å²) in [4.78, 5) is 12.0. The molecule has 1 atom stereocenters. The second-order valence-corrected chi connectivity index (χ2v) is 10.3. The van der Waals surface area contributed by atoms with E-state index in [1.54, 1.807) is 24.3 Å². The molecule has 10 heteroatoms. The van der Waals surface area contributed by atoms with E-state index in [0.29, 0.717) is 10.7 Å². The molecule has 134 valence electrons. The first-order valence-electron chi connectivity index (χ1n) is 7.29. The summed E-state index contributed by atoms with van der Waals surface area (Å²) in [5, 5.41) is 3.11. The Bertz CT molecular complexity index is 823. The molecule has 1 heterocycles. The molecule has 1 aliphatic rings. The number of carbonyl (C=O) groups is 1. The van der Waals surface area contributed by atoms with Crippen molar-refractivity contribution in [2.24, 2.45) is 0 Å². The third kappa shape index (κ3) is 5.44. The second-order valence-electron chi connectivity index (χ2n) is 5.74. The van der Waals surface area contributed by atoms with Gasteiger partial charge in [-0.1, -0.05) is 17.7 Å². The number of rotatable bonds is 6. The zero-order valence-corrected chi connectivity index (χ0v) is 15.5. The molecule has 1 saturated heterocycles. The topological polar surface area (TPSA) is 101 Å². The molecule has 1 aromatic carbocycles. The average molecular weight is 395 g/mol. The van der Waals surface area contributed by atoms with Crippen molar-refractivity contribution in [2.75, 3.05) is 29.6 Å². The van der Waals surface area contributed by atoms with Gasteiger partial charge in [-0.05, 0) is 24.6 Å². The Morgan fingerprint density at radius 3 is 2.67 bits per heavy atom. The highest BCUT2D eigenvalue weighted by atomic mass is 35.5. The maximum absolute atomic E-state index is 12.0. The van der Waals surface area contributed by atoms with Crippen LogP contribution in [0.15, 0.2) is 24.3 Å². The Labute approximate surface area is 147 Å². The van der Waals surface area contributed by atoms with Crippen LogP contribution in [0.4, 0.5) is 5.69 Å². The van der Waals surface area contributed by atoms with Crippen molar-refractivity contribution < 1.29 is 21.6 Å². The maximum atomic E-state index is 12.0. The first-order valence-corrected chi connectivity index (χ1v) is 11.3. The molecule has 0 saturated carbocycles. The van der Waals surface area contributed by atoms with Gasteiger partial charge in [0.05, 0.1) is 17.8 Å². The molecular formula is C14H19ClN2O5S2. The van der Waals surface area contributed by atoms with Crippen LogP contribution in [0.25, 0.3) is 0 Å². The molecular weight excluding hydrogens is 376 g/mol. The number of sulfonamides is 1. The van der Waals surface area contributed by atoms with Gasteiger partial charge in [-0.2, -0.15) is 4.31 Å². The number of sulfone groups is 1. The largest absolute Gasteiger partial charge is 0.326 e. The molecule has 1 amide bonds. The number of carbonyl (C=O) groups excluding carboxylic acids is 1. The number of amides is 1. The van der Waals surface area contributed by atoms with Crippen LogP contribution in [0.3, 0.4) is 0 Å². The molecule has 1 aliphatic heterocycles. The van der Waals surface area contributed by atoms with Gasteiger partial charge in [0.25, 0.3) is 0 Å². The molecule has 0 aromatic heterocycles. The van der Waals surface area contributed by atoms with Crippen LogP contribution >= 0.6 is 11.6 Å². The van der Waals surface area contributed by atoms with Gasteiger partial charge in [0.1, 0.15) is 0 Å². The van der Waals surface area contributed by atoms with Crippen molar-refractivity contribution in [1.82, 2.24) is 4.31 Å². The summed E-state index contributed by atoms with van der Waals surface area (Å²) >= 11 is 5.83. The van der Waals surface area contributed by atoms with Crippen molar-refractivity contribution in [3.05, 3.63) is 29.3 Å². The Morgan fingerprint density at radius 2 is 2.12 bits per heavy atom. The highest BCUT2D eigenvalue weighted by molar-refractivity contribution is 7.92. The first-order chi connectivity index (χ1) is 11.1. The average Bonchev–Trinajstić information content (AvgIpc) is 2.77. The molecule has 1 fully saturated rings. The molecule has 1 unspecified atom stereocenters. The quantitative estimate of drug-likeness (QED) is 0.779. The zero-order chi connectivity index (χ0) is 18.0. The van der Waals surface area contributed by atoms with Crippen LogP contribution in [-0.4, -0.2) is 57.4 Å². The molecule has 0 aliphatic carbocycles. The van der Waals surface area contributed by atoms with Crippen LogP contribution in [0, 0.1) is 0 Å². The number of nitrogens with zero attached hydrogens (tertiary/aromatic N) is 1. The molecule has 1 N–H and O–H groups in total. The monoisotopic (exact) mass is 394 g/mol. The van der Waals surface area contributed by atoms with E-state index in [-0.39, 0.29) is 36.8 Å². The van der Waals surface area contributed by atoms with Gasteiger partial charge in [0.15, 0.2) is 9.84 Å². The normalized spacial score (nSPS) is 20.2. The Morgan fingerprint density at radius 1 is 1.42 bits per heavy atom. The number of benzene rings is 1. The first kappa shape index (κ1) is 19.2. The van der Waals surface area contributed by atoms with Crippen molar-refractivity contribution >= 4 is 43.1 Å². The van der Waals surface area contributed by atoms with Gasteiger partial charge in [-0.25, -0.2) is 16.8 Å². The van der Waals surface area contributed by atoms with E-state index < -0.39 is 25.9 Å². The lowest BCUT2D eigenvalue weighted by Crippen LogP contribution is -2.42. The van der Waals surface area contributed by atoms with Gasteiger partial charge in [0, 0.05) is 29.7 Å². The van der Waals surface area contributed by atoms with E-state index in [4.69, 9.17) is 11.6 Å². The van der Waals surface area contributed by atoms with Crippen molar-refractivity contribution in [2.45, 2.75) is 18.9 Å². The predicted molar refractivity (Wildman–Crippen MR) is 93.3 cm³/mol. The summed E-state index contributed by atoms with van der Waals surface area (Å²) in [5.74, 6) is -0.597. The van der Waals surface area contributed by atoms with Gasteiger partial charge in [-0.3, -0.25) is 4.79 Å². The fourth-order valence-corrected chi connectivity index (χ4v) is 5.78. The Hall–Kier alpha value is -1.16. The Balaban J connectivity index is 1.99. The molecule has 24 heavy (non-hydrogen) atoms. The maximum Gasteiger partial charge on any atom is 0.225 e.